The van der Waals surface area contributed by atoms with Crippen molar-refractivity contribution in [2.75, 3.05) is 26.2 Å². The van der Waals surface area contributed by atoms with Gasteiger partial charge in [0.2, 0.25) is 0 Å². The van der Waals surface area contributed by atoms with E-state index in [-0.39, 0.29) is 17.4 Å². The molecule has 1 fully saturated rings. The predicted molar refractivity (Wildman–Crippen MR) is 111 cm³/mol. The molecule has 5 nitrogen and oxygen atoms in total. The van der Waals surface area contributed by atoms with Gasteiger partial charge < -0.3 is 9.80 Å². The molecule has 0 N–H and O–H groups in total. The first-order chi connectivity index (χ1) is 14.0. The highest BCUT2D eigenvalue weighted by Crippen LogP contribution is 2.30. The monoisotopic (exact) mass is 429 g/mol. The summed E-state index contributed by atoms with van der Waals surface area (Å²) in [5, 5.41) is 2.99. The van der Waals surface area contributed by atoms with Crippen LogP contribution in [0.15, 0.2) is 53.9 Å². The van der Waals surface area contributed by atoms with Gasteiger partial charge in [0.25, 0.3) is 11.8 Å². The molecule has 0 bridgehead atoms. The Bertz CT molecular complexity index is 1060. The van der Waals surface area contributed by atoms with Crippen LogP contribution in [0, 0.1) is 5.82 Å². The van der Waals surface area contributed by atoms with Gasteiger partial charge in [-0.15, -0.1) is 11.3 Å². The van der Waals surface area contributed by atoms with Gasteiger partial charge in [0.1, 0.15) is 16.5 Å². The molecule has 29 heavy (non-hydrogen) atoms. The van der Waals surface area contributed by atoms with E-state index in [0.29, 0.717) is 41.9 Å². The van der Waals surface area contributed by atoms with Crippen molar-refractivity contribution in [1.29, 1.82) is 0 Å². The van der Waals surface area contributed by atoms with E-state index < -0.39 is 5.82 Å². The fraction of sp³-hybridized carbons (Fsp3) is 0.190. The Morgan fingerprint density at radius 2 is 1.55 bits per heavy atom. The Hall–Kier alpha value is -2.77. The second kappa shape index (κ2) is 8.31. The topological polar surface area (TPSA) is 53.5 Å². The van der Waals surface area contributed by atoms with Crippen LogP contribution in [0.5, 0.6) is 0 Å². The fourth-order valence-corrected chi connectivity index (χ4v) is 4.32. The average molecular weight is 430 g/mol. The molecule has 8 heteroatoms. The van der Waals surface area contributed by atoms with Crippen molar-refractivity contribution in [3.8, 4) is 10.6 Å². The third-order valence-electron chi connectivity index (χ3n) is 4.79. The van der Waals surface area contributed by atoms with Crippen molar-refractivity contribution >= 4 is 34.8 Å². The number of hydrogen-bond donors (Lipinski definition) is 0. The lowest BCUT2D eigenvalue weighted by molar-refractivity contribution is 0.0530. The second-order valence-corrected chi connectivity index (χ2v) is 7.85. The van der Waals surface area contributed by atoms with Crippen LogP contribution in [0.1, 0.15) is 20.8 Å². The summed E-state index contributed by atoms with van der Waals surface area (Å²) in [4.78, 5) is 33.0. The summed E-state index contributed by atoms with van der Waals surface area (Å²) in [7, 11) is 0. The molecule has 148 valence electrons. The van der Waals surface area contributed by atoms with Crippen LogP contribution >= 0.6 is 22.9 Å². The molecule has 2 aromatic carbocycles. The third kappa shape index (κ3) is 4.02. The highest BCUT2D eigenvalue weighted by Gasteiger charge is 2.27. The van der Waals surface area contributed by atoms with E-state index in [1.165, 1.54) is 23.5 Å². The van der Waals surface area contributed by atoms with E-state index in [1.807, 2.05) is 18.2 Å². The van der Waals surface area contributed by atoms with Gasteiger partial charge in [-0.25, -0.2) is 9.37 Å². The molecule has 0 aliphatic carbocycles. The van der Waals surface area contributed by atoms with Crippen LogP contribution in [0.25, 0.3) is 10.6 Å². The summed E-state index contributed by atoms with van der Waals surface area (Å²) in [5.41, 5.74) is 1.20. The predicted octanol–water partition coefficient (Wildman–Crippen LogP) is 4.20. The number of hydrogen-bond acceptors (Lipinski definition) is 4. The van der Waals surface area contributed by atoms with E-state index in [0.717, 1.165) is 5.56 Å². The normalized spacial score (nSPS) is 14.1. The molecule has 1 aliphatic rings. The first-order valence-electron chi connectivity index (χ1n) is 9.08. The highest BCUT2D eigenvalue weighted by molar-refractivity contribution is 7.13. The van der Waals surface area contributed by atoms with Crippen LogP contribution in [0.2, 0.25) is 5.02 Å². The number of carbonyl (C=O) groups is 2. The lowest BCUT2D eigenvalue weighted by Crippen LogP contribution is -2.50. The number of rotatable bonds is 3. The molecule has 1 saturated heterocycles. The zero-order valence-corrected chi connectivity index (χ0v) is 16.9. The van der Waals surface area contributed by atoms with Gasteiger partial charge in [-0.2, -0.15) is 0 Å². The van der Waals surface area contributed by atoms with Crippen molar-refractivity contribution in [1.82, 2.24) is 14.8 Å². The van der Waals surface area contributed by atoms with Crippen LogP contribution in [0.4, 0.5) is 4.39 Å². The maximum Gasteiger partial charge on any atom is 0.273 e. The number of amides is 2. The van der Waals surface area contributed by atoms with Crippen LogP contribution < -0.4 is 0 Å². The SMILES string of the molecule is O=C(c1csc(-c2ccccc2Cl)n1)N1CCN(C(=O)c2ccccc2F)CC1. The van der Waals surface area contributed by atoms with Crippen LogP contribution in [-0.4, -0.2) is 52.8 Å². The summed E-state index contributed by atoms with van der Waals surface area (Å²) in [6.07, 6.45) is 0. The molecule has 0 saturated carbocycles. The maximum atomic E-state index is 13.9. The molecular weight excluding hydrogens is 413 g/mol. The average Bonchev–Trinajstić information content (AvgIpc) is 3.23. The number of carbonyl (C=O) groups excluding carboxylic acids is 2. The summed E-state index contributed by atoms with van der Waals surface area (Å²) < 4.78 is 13.9. The van der Waals surface area contributed by atoms with Crippen molar-refractivity contribution in [2.45, 2.75) is 0 Å². The maximum absolute atomic E-state index is 13.9. The van der Waals surface area contributed by atoms with E-state index in [2.05, 4.69) is 4.98 Å². The van der Waals surface area contributed by atoms with Crippen molar-refractivity contribution in [3.05, 3.63) is 76.0 Å². The first-order valence-corrected chi connectivity index (χ1v) is 10.3. The Balaban J connectivity index is 1.42. The number of nitrogens with zero attached hydrogens (tertiary/aromatic N) is 3. The Kier molecular flexibility index (Phi) is 5.60. The molecule has 0 radical (unpaired) electrons. The summed E-state index contributed by atoms with van der Waals surface area (Å²) >= 11 is 7.57. The molecule has 4 rings (SSSR count). The van der Waals surface area contributed by atoms with Gasteiger partial charge >= 0.3 is 0 Å². The lowest BCUT2D eigenvalue weighted by atomic mass is 10.1. The largest absolute Gasteiger partial charge is 0.335 e. The minimum Gasteiger partial charge on any atom is -0.335 e. The summed E-state index contributed by atoms with van der Waals surface area (Å²) in [6.45, 7) is 1.44. The van der Waals surface area contributed by atoms with Gasteiger partial charge in [0.15, 0.2) is 0 Å². The first kappa shape index (κ1) is 19.5. The zero-order chi connectivity index (χ0) is 20.4. The zero-order valence-electron chi connectivity index (χ0n) is 15.3. The quantitative estimate of drug-likeness (QED) is 0.627. The number of benzene rings is 2. The summed E-state index contributed by atoms with van der Waals surface area (Å²) in [5.74, 6) is -1.08. The molecule has 2 amide bonds. The molecular formula is C21H17ClFN3O2S. The van der Waals surface area contributed by atoms with Gasteiger partial charge in [-0.3, -0.25) is 9.59 Å². The number of piperazine rings is 1. The standard InChI is InChI=1S/C21H17ClFN3O2S/c22-16-7-3-1-5-14(16)19-24-18(13-29-19)21(28)26-11-9-25(10-12-26)20(27)15-6-2-4-8-17(15)23/h1-8,13H,9-12H2. The molecule has 2 heterocycles. The third-order valence-corrected chi connectivity index (χ3v) is 5.99. The van der Waals surface area contributed by atoms with Crippen molar-refractivity contribution in [3.63, 3.8) is 0 Å². The van der Waals surface area contributed by atoms with Crippen molar-refractivity contribution in [2.24, 2.45) is 0 Å². The minimum absolute atomic E-state index is 0.0520. The lowest BCUT2D eigenvalue weighted by Gasteiger charge is -2.34. The van der Waals surface area contributed by atoms with Crippen LogP contribution in [0.3, 0.4) is 0 Å². The van der Waals surface area contributed by atoms with Gasteiger partial charge in [0, 0.05) is 37.1 Å². The minimum atomic E-state index is -0.536. The number of halogens is 2. The van der Waals surface area contributed by atoms with Gasteiger partial charge in [-0.05, 0) is 18.2 Å². The van der Waals surface area contributed by atoms with E-state index in [4.69, 9.17) is 11.6 Å². The molecule has 0 spiro atoms. The fourth-order valence-electron chi connectivity index (χ4n) is 3.21. The van der Waals surface area contributed by atoms with Gasteiger partial charge in [0.05, 0.1) is 10.6 Å². The molecule has 1 aromatic heterocycles. The molecule has 3 aromatic rings. The Morgan fingerprint density at radius 3 is 2.24 bits per heavy atom. The van der Waals surface area contributed by atoms with E-state index in [1.54, 1.807) is 33.4 Å². The number of aromatic nitrogens is 1. The molecule has 1 aliphatic heterocycles. The summed E-state index contributed by atoms with van der Waals surface area (Å²) in [6, 6.07) is 13.3. The smallest absolute Gasteiger partial charge is 0.273 e. The Morgan fingerprint density at radius 1 is 0.931 bits per heavy atom. The highest BCUT2D eigenvalue weighted by atomic mass is 35.5. The second-order valence-electron chi connectivity index (χ2n) is 6.58. The molecule has 0 unspecified atom stereocenters. The van der Waals surface area contributed by atoms with Crippen molar-refractivity contribution < 1.29 is 14.0 Å². The van der Waals surface area contributed by atoms with Crippen LogP contribution in [-0.2, 0) is 0 Å². The number of thiazole rings is 1. The van der Waals surface area contributed by atoms with E-state index in [9.17, 15) is 14.0 Å². The van der Waals surface area contributed by atoms with Gasteiger partial charge in [-0.1, -0.05) is 41.9 Å². The molecule has 0 atom stereocenters. The Labute approximate surface area is 176 Å². The van der Waals surface area contributed by atoms with E-state index >= 15 is 0 Å².